The summed E-state index contributed by atoms with van der Waals surface area (Å²) in [6.45, 7) is 13.7. The Morgan fingerprint density at radius 2 is 0.777 bits per heavy atom. The fourth-order valence-electron chi connectivity index (χ4n) is 16.2. The van der Waals surface area contributed by atoms with Gasteiger partial charge >= 0.3 is 30.6 Å². The quantitative estimate of drug-likeness (QED) is 0.0751. The summed E-state index contributed by atoms with van der Waals surface area (Å²) in [5.41, 5.74) is 9.07. The van der Waals surface area contributed by atoms with Crippen LogP contribution in [0.4, 0.5) is 57.8 Å². The number of fused-ring (bicyclic) bond motifs is 9. The normalized spacial score (nSPS) is 18.3. The molecule has 3 aliphatic carbocycles. The van der Waals surface area contributed by atoms with Gasteiger partial charge in [-0.15, -0.1) is 0 Å². The smallest absolute Gasteiger partial charge is 0.410 e. The van der Waals surface area contributed by atoms with Crippen LogP contribution in [0.1, 0.15) is 189 Å². The second kappa shape index (κ2) is 29.7. The first-order chi connectivity index (χ1) is 48.2. The van der Waals surface area contributed by atoms with E-state index in [4.69, 9.17) is 29.2 Å². The Morgan fingerprint density at radius 3 is 1.12 bits per heavy atom. The zero-order valence-electron chi connectivity index (χ0n) is 58.1. The maximum atomic E-state index is 13.8. The lowest BCUT2D eigenvalue weighted by molar-refractivity contribution is -0.136. The molecule has 0 bridgehead atoms. The number of anilines is 3. The maximum absolute atomic E-state index is 13.8. The molecule has 21 nitrogen and oxygen atoms in total. The predicted octanol–water partition coefficient (Wildman–Crippen LogP) is 13.7. The fraction of sp³-hybridized carbons (Fsp3) is 0.566. The van der Waals surface area contributed by atoms with Crippen LogP contribution in [0.5, 0.6) is 0 Å². The highest BCUT2D eigenvalue weighted by Gasteiger charge is 2.62. The Bertz CT molecular complexity index is 3930. The summed E-state index contributed by atoms with van der Waals surface area (Å²) < 4.78 is 96.8. The largest absolute Gasteiger partial charge is 0.447 e. The zero-order valence-corrected chi connectivity index (χ0v) is 58.1. The lowest BCUT2D eigenvalue weighted by Crippen LogP contribution is -2.65. The number of nitrogens with zero attached hydrogens (tertiary/aromatic N) is 11. The summed E-state index contributed by atoms with van der Waals surface area (Å²) in [6.07, 6.45) is -0.525. The molecule has 0 radical (unpaired) electrons. The number of carbonyl (C=O) groups is 6. The van der Waals surface area contributed by atoms with Crippen LogP contribution in [-0.2, 0) is 116 Å². The molecule has 3 spiro atoms. The number of imidazole rings is 3. The van der Waals surface area contributed by atoms with Crippen LogP contribution in [0.25, 0.3) is 0 Å². The first-order valence-corrected chi connectivity index (χ1v) is 35.6. The number of ether oxygens (including phenoxy) is 3. The topological polar surface area (TPSA) is 214 Å². The molecule has 3 fully saturated rings. The van der Waals surface area contributed by atoms with Crippen molar-refractivity contribution < 1.29 is 69.3 Å². The van der Waals surface area contributed by atoms with E-state index in [1.165, 1.54) is 28.3 Å². The standard InChI is InChI=1S/2C26H31F3N4O3.C22H26N4O3.2CH4/c2*1-17(2)36-24(35)31-15-25(16-31)18-8-3-5-10-20(18)33(23(25)34)14-22-30-19-9-4-6-11-21(19)32(22)13-7-12-26(27,28)29;1-14(2)29-21(28)25-12-22(13-25)15-7-3-6-10-18(15)26(20(22)27)11-19-23-16-8-4-5-9-17(16)24-19;;/h2*3,5,8,10,17H,4,6-7,9,11-16H2,1-2H3;3,6-7,10,14H,4-5,8-9,11-13H2,1-2H3,(H,23,24);2*1H4. The zero-order chi connectivity index (χ0) is 71.5. The summed E-state index contributed by atoms with van der Waals surface area (Å²) in [5, 5.41) is 0. The van der Waals surface area contributed by atoms with E-state index < -0.39 is 53.6 Å². The number of H-pyrrole nitrogens is 1. The van der Waals surface area contributed by atoms with Gasteiger partial charge < -0.3 is 57.7 Å². The van der Waals surface area contributed by atoms with Crippen molar-refractivity contribution in [2.24, 2.45) is 0 Å². The second-order valence-corrected chi connectivity index (χ2v) is 29.2. The van der Waals surface area contributed by atoms with Crippen molar-refractivity contribution in [2.75, 3.05) is 54.0 Å². The van der Waals surface area contributed by atoms with Crippen LogP contribution in [0, 0.1) is 0 Å². The Balaban J connectivity index is 0.000000154. The average Bonchev–Trinajstić information content (AvgIpc) is 1.57. The van der Waals surface area contributed by atoms with E-state index in [0.717, 1.165) is 132 Å². The number of aromatic amines is 1. The van der Waals surface area contributed by atoms with Gasteiger partial charge in [0.25, 0.3) is 0 Å². The Morgan fingerprint density at radius 1 is 0.456 bits per heavy atom. The number of alkyl halides is 6. The summed E-state index contributed by atoms with van der Waals surface area (Å²) >= 11 is 0. The molecule has 0 atom stereocenters. The number of nitrogens with one attached hydrogen (secondary N) is 1. The summed E-state index contributed by atoms with van der Waals surface area (Å²) in [6, 6.07) is 23.0. The predicted molar refractivity (Wildman–Crippen MR) is 375 cm³/mol. The van der Waals surface area contributed by atoms with E-state index in [-0.39, 0.29) is 122 Å². The molecule has 103 heavy (non-hydrogen) atoms. The molecule has 6 aliphatic heterocycles. The van der Waals surface area contributed by atoms with Crippen LogP contribution in [0.2, 0.25) is 0 Å². The van der Waals surface area contributed by atoms with Gasteiger partial charge in [0.1, 0.15) is 33.7 Å². The lowest BCUT2D eigenvalue weighted by Gasteiger charge is -2.46. The van der Waals surface area contributed by atoms with Crippen LogP contribution in [-0.4, -0.2) is 150 Å². The Labute approximate surface area is 597 Å². The van der Waals surface area contributed by atoms with Crippen molar-refractivity contribution in [3.8, 4) is 0 Å². The highest BCUT2D eigenvalue weighted by Crippen LogP contribution is 2.51. The molecule has 3 saturated heterocycles. The summed E-state index contributed by atoms with van der Waals surface area (Å²) in [7, 11) is 0. The number of aryl methyl sites for hydroxylation is 4. The Kier molecular flexibility index (Phi) is 21.7. The average molecular weight is 1440 g/mol. The number of rotatable bonds is 15. The lowest BCUT2D eigenvalue weighted by atomic mass is 9.75. The number of likely N-dealkylation sites (tertiary alicyclic amines) is 3. The number of amides is 6. The van der Waals surface area contributed by atoms with Crippen molar-refractivity contribution in [1.82, 2.24) is 43.8 Å². The molecular formula is C76H96F6N12O9. The van der Waals surface area contributed by atoms with Crippen molar-refractivity contribution in [2.45, 2.75) is 239 Å². The number of carbonyl (C=O) groups excluding carboxylic acids is 6. The molecule has 3 aromatic heterocycles. The van der Waals surface area contributed by atoms with Crippen molar-refractivity contribution >= 4 is 53.1 Å². The van der Waals surface area contributed by atoms with Gasteiger partial charge in [-0.05, 0) is 166 Å². The van der Waals surface area contributed by atoms with E-state index in [0.29, 0.717) is 31.3 Å². The molecule has 9 heterocycles. The molecule has 0 saturated carbocycles. The first kappa shape index (κ1) is 75.3. The first-order valence-electron chi connectivity index (χ1n) is 35.6. The molecule has 6 aromatic rings. The fourth-order valence-corrected chi connectivity index (χ4v) is 16.2. The van der Waals surface area contributed by atoms with Crippen LogP contribution >= 0.6 is 0 Å². The third kappa shape index (κ3) is 14.7. The number of aromatic nitrogens is 6. The minimum absolute atomic E-state index is 0. The number of halogens is 6. The minimum atomic E-state index is -4.20. The highest BCUT2D eigenvalue weighted by molar-refractivity contribution is 6.11. The van der Waals surface area contributed by atoms with Crippen molar-refractivity contribution in [3.63, 3.8) is 0 Å². The van der Waals surface area contributed by atoms with Gasteiger partial charge in [0.15, 0.2) is 0 Å². The van der Waals surface area contributed by atoms with Gasteiger partial charge in [0.2, 0.25) is 17.7 Å². The van der Waals surface area contributed by atoms with Crippen LogP contribution < -0.4 is 14.7 Å². The highest BCUT2D eigenvalue weighted by atomic mass is 19.4. The molecule has 1 N–H and O–H groups in total. The summed E-state index contributed by atoms with van der Waals surface area (Å²) in [5.74, 6) is 1.91. The van der Waals surface area contributed by atoms with Gasteiger partial charge in [-0.1, -0.05) is 69.5 Å². The van der Waals surface area contributed by atoms with Gasteiger partial charge in [0.05, 0.1) is 55.0 Å². The van der Waals surface area contributed by atoms with E-state index in [1.807, 2.05) is 101 Å². The summed E-state index contributed by atoms with van der Waals surface area (Å²) in [4.78, 5) is 106. The number of para-hydroxylation sites is 3. The number of hydrogen-bond acceptors (Lipinski definition) is 12. The molecular weight excluding hydrogens is 1340 g/mol. The molecule has 0 unspecified atom stereocenters. The molecule has 556 valence electrons. The van der Waals surface area contributed by atoms with E-state index >= 15 is 0 Å². The SMILES string of the molecule is C.C.CC(C)OC(=O)N1CC2(C1)C(=O)N(Cc1nc3c([nH]1)CCCC3)c1ccccc12.CC(C)OC(=O)N1CC2(C1)C(=O)N(Cc1nc3c(n1CCCC(F)(F)F)CCCC3)c1ccccc12.CC(C)OC(=O)N1CC2(C1)C(=O)N(Cc1nc3c(n1CCCC(F)(F)F)CCCC3)c1ccccc12. The third-order valence-electron chi connectivity index (χ3n) is 20.9. The maximum Gasteiger partial charge on any atom is 0.410 e. The number of benzene rings is 3. The van der Waals surface area contributed by atoms with Crippen molar-refractivity contribution in [1.29, 1.82) is 0 Å². The van der Waals surface area contributed by atoms with E-state index in [2.05, 4.69) is 4.98 Å². The minimum Gasteiger partial charge on any atom is -0.447 e. The second-order valence-electron chi connectivity index (χ2n) is 29.2. The molecule has 9 aliphatic rings. The third-order valence-corrected chi connectivity index (χ3v) is 20.9. The number of hydrogen-bond donors (Lipinski definition) is 1. The van der Waals surface area contributed by atoms with Gasteiger partial charge in [-0.25, -0.2) is 29.3 Å². The van der Waals surface area contributed by atoms with Gasteiger partial charge in [-0.3, -0.25) is 14.4 Å². The molecule has 27 heteroatoms. The van der Waals surface area contributed by atoms with E-state index in [1.54, 1.807) is 42.4 Å². The molecule has 15 rings (SSSR count). The van der Waals surface area contributed by atoms with Gasteiger partial charge in [-0.2, -0.15) is 26.3 Å². The Hall–Kier alpha value is -8.91. The molecule has 6 amide bonds. The van der Waals surface area contributed by atoms with Crippen LogP contribution in [0.15, 0.2) is 72.8 Å². The van der Waals surface area contributed by atoms with Gasteiger partial charge in [0, 0.05) is 99.3 Å². The van der Waals surface area contributed by atoms with Crippen molar-refractivity contribution in [3.05, 3.63) is 141 Å². The van der Waals surface area contributed by atoms with E-state index in [9.17, 15) is 55.1 Å². The molecule has 3 aromatic carbocycles. The van der Waals surface area contributed by atoms with Crippen LogP contribution in [0.3, 0.4) is 0 Å². The monoisotopic (exact) mass is 1430 g/mol.